The number of piperidine rings is 1. The number of nitrogens with zero attached hydrogens (tertiary/aromatic N) is 4. The molecule has 2 aliphatic carbocycles. The molecule has 17 heteroatoms. The Kier molecular flexibility index (Phi) is 12.4. The summed E-state index contributed by atoms with van der Waals surface area (Å²) >= 11 is 6.92. The molecular weight excluding hydrogens is 912 g/mol. The quantitative estimate of drug-likeness (QED) is 0.113. The molecule has 11 rings (SSSR count). The van der Waals surface area contributed by atoms with Gasteiger partial charge in [0, 0.05) is 23.1 Å². The maximum absolute atomic E-state index is 14.8. The SMILES string of the molecule is COC(=O)NC(C(=O)N1C(c2ncc(-c3ccc(-c4ccc(-c5nc(C6CC(C)C(C)N6C(=O)C(NC(=O)OC)C6(C)CC(C)OC(C)C6)[nH]c5Cl)cc4)cc3)[nH]2)C2C3C1C23C)C1CC(C)OC(C)C1. The van der Waals surface area contributed by atoms with Gasteiger partial charge >= 0.3 is 12.2 Å². The number of carbonyl (C=O) groups is 4. The Morgan fingerprint density at radius 1 is 0.729 bits per heavy atom. The van der Waals surface area contributed by atoms with E-state index in [1.165, 1.54) is 14.2 Å². The number of hydrogen-bond acceptors (Lipinski definition) is 10. The Labute approximate surface area is 414 Å². The van der Waals surface area contributed by atoms with Crippen LogP contribution in [0.15, 0.2) is 54.7 Å². The second-order valence-electron chi connectivity index (χ2n) is 21.9. The van der Waals surface area contributed by atoms with Crippen LogP contribution in [0, 0.1) is 34.5 Å². The van der Waals surface area contributed by atoms with Crippen molar-refractivity contribution in [1.82, 2.24) is 40.4 Å². The summed E-state index contributed by atoms with van der Waals surface area (Å²) in [7, 11) is 2.63. The molecule has 5 aliphatic heterocycles. The van der Waals surface area contributed by atoms with E-state index in [9.17, 15) is 19.2 Å². The number of aromatic nitrogens is 4. The lowest BCUT2D eigenvalue weighted by Crippen LogP contribution is -2.60. The molecule has 0 spiro atoms. The van der Waals surface area contributed by atoms with Crippen LogP contribution >= 0.6 is 11.6 Å². The Hall–Kier alpha value is -5.45. The van der Waals surface area contributed by atoms with Crippen molar-refractivity contribution in [1.29, 1.82) is 0 Å². The highest BCUT2D eigenvalue weighted by atomic mass is 35.5. The van der Waals surface area contributed by atoms with Crippen LogP contribution in [0.25, 0.3) is 33.6 Å². The Bertz CT molecular complexity index is 2640. The molecule has 7 heterocycles. The van der Waals surface area contributed by atoms with Crippen molar-refractivity contribution in [2.75, 3.05) is 14.2 Å². The number of amides is 4. The molecule has 2 aromatic heterocycles. The third-order valence-electron chi connectivity index (χ3n) is 17.1. The van der Waals surface area contributed by atoms with Gasteiger partial charge in [-0.2, -0.15) is 0 Å². The number of alkyl carbamates (subject to hydrolysis) is 2. The van der Waals surface area contributed by atoms with Crippen LogP contribution in [-0.4, -0.2) is 117 Å². The highest BCUT2D eigenvalue weighted by Gasteiger charge is 2.94. The molecule has 4 amide bonds. The molecule has 0 radical (unpaired) electrons. The van der Waals surface area contributed by atoms with Gasteiger partial charge in [-0.3, -0.25) is 9.59 Å². The van der Waals surface area contributed by atoms with Crippen molar-refractivity contribution in [2.45, 2.75) is 148 Å². The van der Waals surface area contributed by atoms with Gasteiger partial charge in [-0.25, -0.2) is 19.6 Å². The van der Waals surface area contributed by atoms with E-state index in [2.05, 4.69) is 58.7 Å². The number of hydrogen-bond donors (Lipinski definition) is 4. The van der Waals surface area contributed by atoms with E-state index in [-0.39, 0.29) is 77.6 Å². The molecule has 16 nitrogen and oxygen atoms in total. The molecule has 70 heavy (non-hydrogen) atoms. The van der Waals surface area contributed by atoms with Crippen LogP contribution in [0.1, 0.15) is 111 Å². The summed E-state index contributed by atoms with van der Waals surface area (Å²) in [6.45, 7) is 16.5. The van der Waals surface area contributed by atoms with Gasteiger partial charge in [-0.05, 0) is 112 Å². The molecule has 2 saturated carbocycles. The fraction of sp³-hybridized carbons (Fsp3) is 0.585. The monoisotopic (exact) mass is 978 g/mol. The van der Waals surface area contributed by atoms with Gasteiger partial charge in [0.05, 0.1) is 62.6 Å². The number of methoxy groups -OCH3 is 2. The third-order valence-corrected chi connectivity index (χ3v) is 17.3. The van der Waals surface area contributed by atoms with Crippen molar-refractivity contribution >= 4 is 35.6 Å². The van der Waals surface area contributed by atoms with E-state index in [1.807, 2.05) is 81.8 Å². The first-order valence-corrected chi connectivity index (χ1v) is 25.4. The molecular formula is C53H67ClN8O8. The number of nitrogens with one attached hydrogen (secondary N) is 4. The number of imidazole rings is 2. The molecule has 5 saturated heterocycles. The largest absolute Gasteiger partial charge is 0.453 e. The zero-order valence-electron chi connectivity index (χ0n) is 41.7. The summed E-state index contributed by atoms with van der Waals surface area (Å²) in [5.74, 6) is 1.95. The van der Waals surface area contributed by atoms with Gasteiger partial charge in [0.1, 0.15) is 34.6 Å². The van der Waals surface area contributed by atoms with E-state index in [0.717, 1.165) is 33.8 Å². The summed E-state index contributed by atoms with van der Waals surface area (Å²) in [5.41, 5.74) is 4.78. The van der Waals surface area contributed by atoms with Crippen LogP contribution in [0.5, 0.6) is 0 Å². The number of aromatic amines is 2. The first-order valence-electron chi connectivity index (χ1n) is 25.0. The first-order chi connectivity index (χ1) is 33.3. The lowest BCUT2D eigenvalue weighted by Gasteiger charge is -2.46. The number of halogens is 1. The minimum Gasteiger partial charge on any atom is -0.453 e. The highest BCUT2D eigenvalue weighted by Crippen LogP contribution is 2.90. The second kappa shape index (κ2) is 18.0. The zero-order chi connectivity index (χ0) is 49.7. The third kappa shape index (κ3) is 8.24. The Morgan fingerprint density at radius 2 is 1.29 bits per heavy atom. The van der Waals surface area contributed by atoms with E-state index in [0.29, 0.717) is 60.6 Å². The number of rotatable bonds is 11. The Balaban J connectivity index is 0.840. The average molecular weight is 980 g/mol. The average Bonchev–Trinajstić information content (AvgIpc) is 3.72. The minimum atomic E-state index is -0.837. The molecule has 4 N–H and O–H groups in total. The van der Waals surface area contributed by atoms with Crippen molar-refractivity contribution in [2.24, 2.45) is 34.5 Å². The lowest BCUT2D eigenvalue weighted by molar-refractivity contribution is -0.146. The normalized spacial score (nSPS) is 34.8. The molecule has 2 aromatic carbocycles. The summed E-state index contributed by atoms with van der Waals surface area (Å²) in [6, 6.07) is 14.2. The molecule has 7 aliphatic rings. The van der Waals surface area contributed by atoms with E-state index >= 15 is 0 Å². The summed E-state index contributed by atoms with van der Waals surface area (Å²) in [5, 5.41) is 6.21. The molecule has 4 aromatic rings. The van der Waals surface area contributed by atoms with Crippen LogP contribution in [0.4, 0.5) is 9.59 Å². The molecule has 14 atom stereocenters. The number of ether oxygens (including phenoxy) is 4. The molecule has 14 unspecified atom stereocenters. The fourth-order valence-corrected chi connectivity index (χ4v) is 13.9. The number of carbonyl (C=O) groups excluding carboxylic acids is 4. The molecule has 374 valence electrons. The fourth-order valence-electron chi connectivity index (χ4n) is 13.6. The van der Waals surface area contributed by atoms with Crippen molar-refractivity contribution < 1.29 is 38.1 Å². The second-order valence-corrected chi connectivity index (χ2v) is 22.3. The summed E-state index contributed by atoms with van der Waals surface area (Å²) in [6.07, 6.45) is 3.59. The Morgan fingerprint density at radius 3 is 1.89 bits per heavy atom. The van der Waals surface area contributed by atoms with Crippen LogP contribution in [0.2, 0.25) is 5.15 Å². The van der Waals surface area contributed by atoms with E-state index in [1.54, 1.807) is 0 Å². The van der Waals surface area contributed by atoms with E-state index < -0.39 is 29.7 Å². The van der Waals surface area contributed by atoms with Crippen molar-refractivity contribution in [3.8, 4) is 33.6 Å². The number of H-pyrrole nitrogens is 2. The maximum atomic E-state index is 14.8. The van der Waals surface area contributed by atoms with E-state index in [4.69, 9.17) is 40.5 Å². The van der Waals surface area contributed by atoms with Crippen LogP contribution in [-0.2, 0) is 28.5 Å². The van der Waals surface area contributed by atoms with Gasteiger partial charge in [0.25, 0.3) is 0 Å². The summed E-state index contributed by atoms with van der Waals surface area (Å²) in [4.78, 5) is 75.5. The number of benzene rings is 2. The van der Waals surface area contributed by atoms with Crippen molar-refractivity contribution in [3.63, 3.8) is 0 Å². The first kappa shape index (κ1) is 48.2. The van der Waals surface area contributed by atoms with Crippen molar-refractivity contribution in [3.05, 3.63) is 71.5 Å². The van der Waals surface area contributed by atoms with Gasteiger partial charge < -0.3 is 49.3 Å². The maximum Gasteiger partial charge on any atom is 0.407 e. The predicted molar refractivity (Wildman–Crippen MR) is 262 cm³/mol. The predicted octanol–water partition coefficient (Wildman–Crippen LogP) is 8.85. The summed E-state index contributed by atoms with van der Waals surface area (Å²) < 4.78 is 22.1. The standard InChI is InChI=1S/C53H67ClN8O8/c1-25-19-37(61(30(25)6)49(64)43(59-51(66)68-10)52(7)22-28(4)70-29(5)23-52)46-57-40(45(54)60-46)34-17-13-32(14-18-34)31-11-15-33(16-12-31)36-24-55-47(56-36)42-38-39-44(53(38,39)8)62(42)48(63)41(58-50(65)67-9)35-20-26(2)69-27(3)21-35/h11-18,24-30,35,37-39,41-44H,19-23H2,1-10H3,(H,55,56)(H,57,60)(H,58,65)(H,59,66). The van der Waals surface area contributed by atoms with Gasteiger partial charge in [0.2, 0.25) is 11.8 Å². The minimum absolute atomic E-state index is 0.0226. The van der Waals surface area contributed by atoms with Crippen LogP contribution < -0.4 is 10.6 Å². The lowest BCUT2D eigenvalue weighted by atomic mass is 9.71. The van der Waals surface area contributed by atoms with Gasteiger partial charge in [0.15, 0.2) is 0 Å². The number of likely N-dealkylation sites (tertiary alicyclic amines) is 1. The molecule has 7 fully saturated rings. The topological polar surface area (TPSA) is 193 Å². The van der Waals surface area contributed by atoms with Crippen LogP contribution in [0.3, 0.4) is 0 Å². The smallest absolute Gasteiger partial charge is 0.407 e. The highest BCUT2D eigenvalue weighted by molar-refractivity contribution is 6.32. The molecule has 2 bridgehead atoms. The van der Waals surface area contributed by atoms with Gasteiger partial charge in [-0.15, -0.1) is 0 Å². The zero-order valence-corrected chi connectivity index (χ0v) is 42.5. The van der Waals surface area contributed by atoms with Gasteiger partial charge in [-0.1, -0.05) is 80.9 Å². The number of fused-ring (bicyclic) bond motifs is 1.